The van der Waals surface area contributed by atoms with Crippen LogP contribution in [0.25, 0.3) is 0 Å². The van der Waals surface area contributed by atoms with E-state index in [1.165, 1.54) is 30.4 Å². The van der Waals surface area contributed by atoms with Crippen molar-refractivity contribution in [2.75, 3.05) is 0 Å². The summed E-state index contributed by atoms with van der Waals surface area (Å²) in [7, 11) is 0. The maximum Gasteiger partial charge on any atom is 0.0886 e. The number of hydrogen-bond acceptors (Lipinski definition) is 1. The Kier molecular flexibility index (Phi) is 3.11. The number of hydrogen-bond donors (Lipinski definition) is 1. The van der Waals surface area contributed by atoms with Gasteiger partial charge in [-0.15, -0.1) is 0 Å². The average molecular weight is 278 g/mol. The van der Waals surface area contributed by atoms with E-state index in [2.05, 4.69) is 48.5 Å². The summed E-state index contributed by atoms with van der Waals surface area (Å²) in [5.74, 6) is 0.726. The third-order valence-corrected chi connectivity index (χ3v) is 5.46. The van der Waals surface area contributed by atoms with E-state index < -0.39 is 0 Å². The van der Waals surface area contributed by atoms with E-state index in [0.29, 0.717) is 0 Å². The van der Waals surface area contributed by atoms with Gasteiger partial charge in [-0.25, -0.2) is 0 Å². The molecule has 2 aliphatic rings. The highest BCUT2D eigenvalue weighted by molar-refractivity contribution is 5.39. The van der Waals surface area contributed by atoms with Crippen LogP contribution in [0.2, 0.25) is 0 Å². The zero-order valence-corrected chi connectivity index (χ0v) is 12.3. The molecule has 2 fully saturated rings. The number of rotatable bonds is 4. The summed E-state index contributed by atoms with van der Waals surface area (Å²) in [4.78, 5) is 0. The van der Waals surface area contributed by atoms with Crippen LogP contribution in [0.3, 0.4) is 0 Å². The predicted octanol–water partition coefficient (Wildman–Crippen LogP) is 4.72. The van der Waals surface area contributed by atoms with Crippen LogP contribution in [0.4, 0.5) is 0 Å². The van der Waals surface area contributed by atoms with Gasteiger partial charge in [-0.3, -0.25) is 0 Å². The molecule has 2 aliphatic carbocycles. The van der Waals surface area contributed by atoms with Gasteiger partial charge in [0.1, 0.15) is 0 Å². The Bertz CT molecular complexity index is 623. The molecule has 1 nitrogen and oxygen atoms in total. The molecule has 0 amide bonds. The van der Waals surface area contributed by atoms with Crippen LogP contribution in [0, 0.1) is 0 Å². The second-order valence-electron chi connectivity index (χ2n) is 6.72. The first-order valence-electron chi connectivity index (χ1n) is 8.13. The lowest BCUT2D eigenvalue weighted by Crippen LogP contribution is -2.19. The molecular formula is C20H22O. The Balaban J connectivity index is 1.64. The van der Waals surface area contributed by atoms with Crippen LogP contribution >= 0.6 is 0 Å². The third-order valence-electron chi connectivity index (χ3n) is 5.46. The monoisotopic (exact) mass is 278 g/mol. The molecule has 0 spiro atoms. The van der Waals surface area contributed by atoms with Gasteiger partial charge >= 0.3 is 0 Å². The molecule has 1 heteroatoms. The molecule has 2 aromatic carbocycles. The van der Waals surface area contributed by atoms with Gasteiger partial charge in [-0.2, -0.15) is 0 Å². The lowest BCUT2D eigenvalue weighted by molar-refractivity contribution is 0.133. The Hall–Kier alpha value is -1.60. The number of aliphatic hydroxyl groups excluding tert-OH is 1. The molecule has 21 heavy (non-hydrogen) atoms. The SMILES string of the molecule is OC(c1cccc(C2CCC2)c1)C1(c2ccccc2)CC1. The van der Waals surface area contributed by atoms with Crippen molar-refractivity contribution in [2.45, 2.75) is 49.5 Å². The maximum atomic E-state index is 11.0. The quantitative estimate of drug-likeness (QED) is 0.858. The van der Waals surface area contributed by atoms with E-state index in [-0.39, 0.29) is 11.5 Å². The van der Waals surface area contributed by atoms with Crippen LogP contribution in [0.15, 0.2) is 54.6 Å². The van der Waals surface area contributed by atoms with Gasteiger partial charge in [0, 0.05) is 5.41 Å². The standard InChI is InChI=1S/C20H22O/c21-19(20(12-13-20)18-10-2-1-3-11-18)17-9-5-8-16(14-17)15-6-4-7-15/h1-3,5,8-11,14-15,19,21H,4,6-7,12-13H2. The first kappa shape index (κ1) is 13.1. The molecule has 0 aromatic heterocycles. The van der Waals surface area contributed by atoms with Crippen LogP contribution < -0.4 is 0 Å². The van der Waals surface area contributed by atoms with E-state index >= 15 is 0 Å². The summed E-state index contributed by atoms with van der Waals surface area (Å²) >= 11 is 0. The van der Waals surface area contributed by atoms with Crippen molar-refractivity contribution >= 4 is 0 Å². The second-order valence-corrected chi connectivity index (χ2v) is 6.72. The third kappa shape index (κ3) is 2.20. The molecule has 0 bridgehead atoms. The molecule has 4 rings (SSSR count). The highest BCUT2D eigenvalue weighted by atomic mass is 16.3. The molecule has 108 valence electrons. The molecule has 1 atom stereocenters. The Morgan fingerprint density at radius 2 is 1.71 bits per heavy atom. The Morgan fingerprint density at radius 1 is 0.952 bits per heavy atom. The first-order chi connectivity index (χ1) is 10.3. The molecule has 1 N–H and O–H groups in total. The Morgan fingerprint density at radius 3 is 2.33 bits per heavy atom. The molecule has 0 saturated heterocycles. The molecule has 0 aliphatic heterocycles. The molecule has 0 radical (unpaired) electrons. The van der Waals surface area contributed by atoms with Crippen molar-refractivity contribution in [3.63, 3.8) is 0 Å². The van der Waals surface area contributed by atoms with Gasteiger partial charge in [-0.1, -0.05) is 61.0 Å². The summed E-state index contributed by atoms with van der Waals surface area (Å²) in [5.41, 5.74) is 3.76. The zero-order valence-electron chi connectivity index (χ0n) is 12.3. The highest BCUT2D eigenvalue weighted by Gasteiger charge is 2.50. The second kappa shape index (κ2) is 4.99. The molecule has 2 saturated carbocycles. The van der Waals surface area contributed by atoms with E-state index in [9.17, 15) is 5.11 Å². The van der Waals surface area contributed by atoms with Crippen molar-refractivity contribution in [2.24, 2.45) is 0 Å². The summed E-state index contributed by atoms with van der Waals surface area (Å²) in [5, 5.41) is 11.0. The number of aliphatic hydroxyl groups is 1. The van der Waals surface area contributed by atoms with Gasteiger partial charge < -0.3 is 5.11 Å². The fraction of sp³-hybridized carbons (Fsp3) is 0.400. The van der Waals surface area contributed by atoms with Crippen LogP contribution in [-0.4, -0.2) is 5.11 Å². The largest absolute Gasteiger partial charge is 0.387 e. The van der Waals surface area contributed by atoms with E-state index in [0.717, 1.165) is 24.3 Å². The highest BCUT2D eigenvalue weighted by Crippen LogP contribution is 2.56. The van der Waals surface area contributed by atoms with E-state index in [1.807, 2.05) is 6.07 Å². The summed E-state index contributed by atoms with van der Waals surface area (Å²) in [6, 6.07) is 19.2. The zero-order chi connectivity index (χ0) is 14.3. The lowest BCUT2D eigenvalue weighted by atomic mass is 9.78. The van der Waals surface area contributed by atoms with Gasteiger partial charge in [0.25, 0.3) is 0 Å². The Labute approximate surface area is 126 Å². The lowest BCUT2D eigenvalue weighted by Gasteiger charge is -2.28. The minimum Gasteiger partial charge on any atom is -0.387 e. The minimum absolute atomic E-state index is 0.0422. The van der Waals surface area contributed by atoms with Crippen molar-refractivity contribution < 1.29 is 5.11 Å². The topological polar surface area (TPSA) is 20.2 Å². The summed E-state index contributed by atoms with van der Waals surface area (Å²) in [6.07, 6.45) is 5.77. The molecule has 2 aromatic rings. The summed E-state index contributed by atoms with van der Waals surface area (Å²) in [6.45, 7) is 0. The van der Waals surface area contributed by atoms with Crippen molar-refractivity contribution in [1.82, 2.24) is 0 Å². The molecule has 1 unspecified atom stereocenters. The van der Waals surface area contributed by atoms with Gasteiger partial charge in [0.05, 0.1) is 6.10 Å². The van der Waals surface area contributed by atoms with Gasteiger partial charge in [0.15, 0.2) is 0 Å². The van der Waals surface area contributed by atoms with Crippen molar-refractivity contribution in [3.05, 3.63) is 71.3 Å². The number of benzene rings is 2. The van der Waals surface area contributed by atoms with Crippen LogP contribution in [0.1, 0.15) is 60.8 Å². The van der Waals surface area contributed by atoms with Crippen molar-refractivity contribution in [1.29, 1.82) is 0 Å². The van der Waals surface area contributed by atoms with Gasteiger partial charge in [0.2, 0.25) is 0 Å². The first-order valence-corrected chi connectivity index (χ1v) is 8.13. The fourth-order valence-corrected chi connectivity index (χ4v) is 3.67. The molecule has 0 heterocycles. The summed E-state index contributed by atoms with van der Waals surface area (Å²) < 4.78 is 0. The maximum absolute atomic E-state index is 11.0. The predicted molar refractivity (Wildman–Crippen MR) is 85.3 cm³/mol. The molecular weight excluding hydrogens is 256 g/mol. The van der Waals surface area contributed by atoms with E-state index in [1.54, 1.807) is 0 Å². The fourth-order valence-electron chi connectivity index (χ4n) is 3.67. The van der Waals surface area contributed by atoms with Crippen LogP contribution in [-0.2, 0) is 5.41 Å². The van der Waals surface area contributed by atoms with Crippen molar-refractivity contribution in [3.8, 4) is 0 Å². The van der Waals surface area contributed by atoms with Gasteiger partial charge in [-0.05, 0) is 48.3 Å². The van der Waals surface area contributed by atoms with Crippen LogP contribution in [0.5, 0.6) is 0 Å². The smallest absolute Gasteiger partial charge is 0.0886 e. The normalized spacial score (nSPS) is 21.6. The average Bonchev–Trinajstić information content (AvgIpc) is 3.28. The van der Waals surface area contributed by atoms with E-state index in [4.69, 9.17) is 0 Å². The minimum atomic E-state index is -0.375.